The van der Waals surface area contributed by atoms with Crippen LogP contribution in [0.1, 0.15) is 166 Å². The second-order valence-electron chi connectivity index (χ2n) is 16.9. The van der Waals surface area contributed by atoms with Gasteiger partial charge in [-0.25, -0.2) is 4.79 Å². The number of likely N-dealkylation sites (tertiary alicyclic amines) is 2. The molecule has 0 N–H and O–H groups in total. The first kappa shape index (κ1) is 36.7. The van der Waals surface area contributed by atoms with Crippen molar-refractivity contribution in [2.24, 2.45) is 23.2 Å². The number of amides is 1. The van der Waals surface area contributed by atoms with Gasteiger partial charge in [0.05, 0.1) is 0 Å². The molecular formula is C43H68N2O4. The topological polar surface area (TPSA) is 59.1 Å². The van der Waals surface area contributed by atoms with Crippen molar-refractivity contribution in [3.05, 3.63) is 29.3 Å². The number of nitrogens with zero attached hydrogens (tertiary/aromatic N) is 2. The van der Waals surface area contributed by atoms with Crippen molar-refractivity contribution in [3.63, 3.8) is 0 Å². The Hall–Kier alpha value is -2.08. The zero-order valence-electron chi connectivity index (χ0n) is 31.4. The van der Waals surface area contributed by atoms with Crippen LogP contribution in [-0.4, -0.2) is 60.2 Å². The zero-order chi connectivity index (χ0) is 34.2. The van der Waals surface area contributed by atoms with Crippen molar-refractivity contribution in [1.29, 1.82) is 0 Å². The predicted molar refractivity (Wildman–Crippen MR) is 198 cm³/mol. The van der Waals surface area contributed by atoms with Gasteiger partial charge in [0.1, 0.15) is 11.9 Å². The Labute approximate surface area is 298 Å². The maximum Gasteiger partial charge on any atom is 0.415 e. The minimum absolute atomic E-state index is 0.0347. The summed E-state index contributed by atoms with van der Waals surface area (Å²) in [6, 6.07) is 7.17. The summed E-state index contributed by atoms with van der Waals surface area (Å²) in [5.74, 6) is 3.15. The molecule has 6 nitrogen and oxygen atoms in total. The van der Waals surface area contributed by atoms with E-state index >= 15 is 0 Å². The van der Waals surface area contributed by atoms with Gasteiger partial charge in [-0.3, -0.25) is 4.79 Å². The van der Waals surface area contributed by atoms with E-state index in [1.54, 1.807) is 0 Å². The van der Waals surface area contributed by atoms with Crippen LogP contribution in [-0.2, 0) is 16.0 Å². The third kappa shape index (κ3) is 8.70. The highest BCUT2D eigenvalue weighted by molar-refractivity contribution is 5.71. The molecule has 6 atom stereocenters. The van der Waals surface area contributed by atoms with Gasteiger partial charge in [0.2, 0.25) is 0 Å². The summed E-state index contributed by atoms with van der Waals surface area (Å²) < 4.78 is 12.4. The van der Waals surface area contributed by atoms with Gasteiger partial charge in [0, 0.05) is 31.0 Å². The molecule has 2 aliphatic heterocycles. The molecule has 5 aliphatic rings. The lowest BCUT2D eigenvalue weighted by molar-refractivity contribution is -0.158. The number of unbranched alkanes of at least 4 members (excludes halogenated alkanes) is 7. The fourth-order valence-electron chi connectivity index (χ4n) is 11.1. The molecule has 1 aromatic carbocycles. The summed E-state index contributed by atoms with van der Waals surface area (Å²) >= 11 is 0. The molecule has 1 aromatic rings. The van der Waals surface area contributed by atoms with E-state index in [9.17, 15) is 9.59 Å². The van der Waals surface area contributed by atoms with Crippen LogP contribution < -0.4 is 4.74 Å². The van der Waals surface area contributed by atoms with E-state index in [1.807, 2.05) is 4.90 Å². The number of carbonyl (C=O) groups excluding carboxylic acids is 2. The van der Waals surface area contributed by atoms with Crippen LogP contribution in [0, 0.1) is 23.2 Å². The van der Waals surface area contributed by atoms with Gasteiger partial charge in [0.25, 0.3) is 0 Å². The van der Waals surface area contributed by atoms with Crippen molar-refractivity contribution in [2.45, 2.75) is 174 Å². The lowest BCUT2D eigenvalue weighted by Crippen LogP contribution is -2.48. The van der Waals surface area contributed by atoms with E-state index in [0.717, 1.165) is 64.5 Å². The normalized spacial score (nSPS) is 30.3. The number of hydrogen-bond donors (Lipinski definition) is 0. The van der Waals surface area contributed by atoms with Crippen molar-refractivity contribution < 1.29 is 19.1 Å². The number of benzene rings is 1. The van der Waals surface area contributed by atoms with Crippen LogP contribution >= 0.6 is 0 Å². The van der Waals surface area contributed by atoms with Gasteiger partial charge in [-0.2, -0.15) is 0 Å². The highest BCUT2D eigenvalue weighted by Crippen LogP contribution is 2.63. The molecule has 2 saturated heterocycles. The summed E-state index contributed by atoms with van der Waals surface area (Å²) in [7, 11) is 0. The largest absolute Gasteiger partial charge is 0.462 e. The smallest absolute Gasteiger partial charge is 0.415 e. The molecule has 274 valence electrons. The summed E-state index contributed by atoms with van der Waals surface area (Å²) in [5.41, 5.74) is 2.96. The summed E-state index contributed by atoms with van der Waals surface area (Å²) in [6.07, 6.45) is 24.5. The monoisotopic (exact) mass is 677 g/mol. The van der Waals surface area contributed by atoms with Crippen LogP contribution in [0.25, 0.3) is 0 Å². The number of fused-ring (bicyclic) bond motifs is 5. The van der Waals surface area contributed by atoms with Crippen molar-refractivity contribution in [3.8, 4) is 5.75 Å². The second kappa shape index (κ2) is 17.4. The molecule has 49 heavy (non-hydrogen) atoms. The van der Waals surface area contributed by atoms with Gasteiger partial charge in [-0.1, -0.05) is 91.0 Å². The fraction of sp³-hybridized carbons (Fsp3) is 0.814. The number of rotatable bonds is 14. The maximum absolute atomic E-state index is 13.3. The molecule has 0 spiro atoms. The minimum atomic E-state index is -0.182. The molecule has 0 aromatic heterocycles. The Morgan fingerprint density at radius 2 is 1.57 bits per heavy atom. The average Bonchev–Trinajstić information content (AvgIpc) is 3.45. The van der Waals surface area contributed by atoms with Crippen LogP contribution in [0.2, 0.25) is 0 Å². The van der Waals surface area contributed by atoms with E-state index < -0.39 is 0 Å². The number of hydrogen-bond acceptors (Lipinski definition) is 5. The first-order chi connectivity index (χ1) is 23.9. The zero-order valence-corrected chi connectivity index (χ0v) is 31.4. The van der Waals surface area contributed by atoms with Crippen molar-refractivity contribution in [1.82, 2.24) is 9.80 Å². The quantitative estimate of drug-likeness (QED) is 0.145. The fourth-order valence-corrected chi connectivity index (χ4v) is 11.1. The molecule has 1 amide bonds. The SMILES string of the molecule is CCCCCCCCCCC(=O)O[C@H]1CC[C@H]2[C@@H]3[C@H](CCC)Cc4cc(OC(=O)N5CCC(N6CCCCC6)CC5)ccc4[C@H]3CC[C@]12C. The van der Waals surface area contributed by atoms with Crippen LogP contribution in [0.5, 0.6) is 5.75 Å². The van der Waals surface area contributed by atoms with Crippen LogP contribution in [0.3, 0.4) is 0 Å². The molecule has 6 heteroatoms. The van der Waals surface area contributed by atoms with Crippen molar-refractivity contribution >= 4 is 12.1 Å². The van der Waals surface area contributed by atoms with E-state index in [4.69, 9.17) is 9.47 Å². The summed E-state index contributed by atoms with van der Waals surface area (Å²) in [6.45, 7) is 11.1. The Balaban J connectivity index is 1.03. The van der Waals surface area contributed by atoms with Gasteiger partial charge in [0.15, 0.2) is 0 Å². The molecule has 2 heterocycles. The first-order valence-corrected chi connectivity index (χ1v) is 20.9. The number of esters is 1. The Bertz CT molecular complexity index is 1220. The highest BCUT2D eigenvalue weighted by Gasteiger charge is 2.58. The predicted octanol–water partition coefficient (Wildman–Crippen LogP) is 10.5. The maximum atomic E-state index is 13.3. The molecule has 3 aliphatic carbocycles. The Morgan fingerprint density at radius 1 is 0.837 bits per heavy atom. The third-order valence-electron chi connectivity index (χ3n) is 13.8. The molecule has 0 unspecified atom stereocenters. The van der Waals surface area contributed by atoms with Gasteiger partial charge >= 0.3 is 12.1 Å². The Morgan fingerprint density at radius 3 is 2.31 bits per heavy atom. The molecule has 4 fully saturated rings. The van der Waals surface area contributed by atoms with Gasteiger partial charge in [-0.15, -0.1) is 0 Å². The van der Waals surface area contributed by atoms with Crippen LogP contribution in [0.4, 0.5) is 4.79 Å². The summed E-state index contributed by atoms with van der Waals surface area (Å²) in [4.78, 5) is 30.9. The highest BCUT2D eigenvalue weighted by atomic mass is 16.6. The number of ether oxygens (including phenoxy) is 2. The van der Waals surface area contributed by atoms with Gasteiger partial charge < -0.3 is 19.3 Å². The van der Waals surface area contributed by atoms with Crippen LogP contribution in [0.15, 0.2) is 18.2 Å². The molecule has 0 bridgehead atoms. The van der Waals surface area contributed by atoms with E-state index in [-0.39, 0.29) is 23.6 Å². The Kier molecular flexibility index (Phi) is 13.1. The van der Waals surface area contributed by atoms with E-state index in [2.05, 4.69) is 43.9 Å². The third-order valence-corrected chi connectivity index (χ3v) is 13.8. The summed E-state index contributed by atoms with van der Waals surface area (Å²) in [5, 5.41) is 0. The van der Waals surface area contributed by atoms with Crippen molar-refractivity contribution in [2.75, 3.05) is 26.2 Å². The minimum Gasteiger partial charge on any atom is -0.462 e. The molecular weight excluding hydrogens is 608 g/mol. The second-order valence-corrected chi connectivity index (χ2v) is 16.9. The average molecular weight is 677 g/mol. The number of carbonyl (C=O) groups is 2. The number of piperidine rings is 2. The van der Waals surface area contributed by atoms with E-state index in [0.29, 0.717) is 41.9 Å². The lowest BCUT2D eigenvalue weighted by Gasteiger charge is -2.53. The first-order valence-electron chi connectivity index (χ1n) is 20.9. The molecule has 0 radical (unpaired) electrons. The molecule has 6 rings (SSSR count). The standard InChI is InChI=1S/C43H68N2O4/c1-4-6-7-8-9-10-11-13-17-40(46)49-39-21-20-38-41-32(16-5-2)30-33-31-35(18-19-36(33)37(41)22-25-43(38,39)3)48-42(47)45-28-23-34(24-29-45)44-26-14-12-15-27-44/h18-19,31-32,34,37-39,41H,4-17,20-30H2,1-3H3/t32-,37-,38+,39+,41-,43+/m1/s1. The van der Waals surface area contributed by atoms with Gasteiger partial charge in [-0.05, 0) is 124 Å². The molecule has 2 saturated carbocycles. The van der Waals surface area contributed by atoms with E-state index in [1.165, 1.54) is 101 Å². The lowest BCUT2D eigenvalue weighted by atomic mass is 9.52.